The fourth-order valence-corrected chi connectivity index (χ4v) is 2.43. The van der Waals surface area contributed by atoms with E-state index in [1.807, 2.05) is 27.7 Å². The molecule has 0 aliphatic carbocycles. The topological polar surface area (TPSA) is 78.9 Å². The van der Waals surface area contributed by atoms with Gasteiger partial charge in [0.15, 0.2) is 0 Å². The van der Waals surface area contributed by atoms with Gasteiger partial charge in [0.1, 0.15) is 6.10 Å². The van der Waals surface area contributed by atoms with Crippen LogP contribution in [0.1, 0.15) is 40.5 Å². The molecule has 1 saturated heterocycles. The van der Waals surface area contributed by atoms with Crippen molar-refractivity contribution in [2.24, 2.45) is 0 Å². The molecule has 2 atom stereocenters. The van der Waals surface area contributed by atoms with Crippen molar-refractivity contribution < 1.29 is 19.4 Å². The Morgan fingerprint density at radius 3 is 2.37 bits per heavy atom. The minimum absolute atomic E-state index is 0.112. The largest absolute Gasteiger partial charge is 0.465 e. The lowest BCUT2D eigenvalue weighted by molar-refractivity contribution is -0.138. The van der Waals surface area contributed by atoms with Gasteiger partial charge in [0, 0.05) is 12.1 Å². The number of likely N-dealkylation sites (N-methyl/N-ethyl adjacent to an activating group) is 1. The Morgan fingerprint density at radius 1 is 1.37 bits per heavy atom. The van der Waals surface area contributed by atoms with Crippen molar-refractivity contribution >= 4 is 12.0 Å². The summed E-state index contributed by atoms with van der Waals surface area (Å²) in [6.07, 6.45) is -0.203. The third-order valence-electron chi connectivity index (χ3n) is 3.19. The molecule has 2 amide bonds. The molecule has 0 aromatic rings. The number of hydrogen-bond donors (Lipinski definition) is 2. The Hall–Kier alpha value is -1.30. The van der Waals surface area contributed by atoms with Crippen molar-refractivity contribution in [1.82, 2.24) is 10.2 Å². The molecule has 110 valence electrons. The van der Waals surface area contributed by atoms with Gasteiger partial charge in [-0.1, -0.05) is 0 Å². The summed E-state index contributed by atoms with van der Waals surface area (Å²) in [4.78, 5) is 24.4. The first-order valence-corrected chi connectivity index (χ1v) is 6.69. The molecule has 0 radical (unpaired) electrons. The first-order valence-electron chi connectivity index (χ1n) is 6.69. The van der Waals surface area contributed by atoms with Crippen LogP contribution in [0, 0.1) is 0 Å². The van der Waals surface area contributed by atoms with E-state index in [4.69, 9.17) is 4.74 Å². The van der Waals surface area contributed by atoms with E-state index in [1.54, 1.807) is 0 Å². The summed E-state index contributed by atoms with van der Waals surface area (Å²) in [5, 5.41) is 12.0. The molecular formula is C13H24N2O4. The van der Waals surface area contributed by atoms with E-state index in [9.17, 15) is 14.7 Å². The zero-order chi connectivity index (χ0) is 14.6. The second-order valence-corrected chi connectivity index (χ2v) is 5.77. The number of carbonyl (C=O) groups excluding carboxylic acids is 1. The van der Waals surface area contributed by atoms with Crippen LogP contribution in [0.4, 0.5) is 4.79 Å². The predicted molar refractivity (Wildman–Crippen MR) is 71.1 cm³/mol. The summed E-state index contributed by atoms with van der Waals surface area (Å²) >= 11 is 0. The Kier molecular flexibility index (Phi) is 5.17. The Bertz CT molecular complexity index is 330. The summed E-state index contributed by atoms with van der Waals surface area (Å²) in [7, 11) is 0. The van der Waals surface area contributed by atoms with Gasteiger partial charge in [0.05, 0.1) is 12.6 Å². The lowest BCUT2D eigenvalue weighted by atomic mass is 9.97. The van der Waals surface area contributed by atoms with E-state index in [-0.39, 0.29) is 18.6 Å². The molecule has 1 aliphatic rings. The van der Waals surface area contributed by atoms with Crippen molar-refractivity contribution in [2.45, 2.75) is 58.2 Å². The first-order chi connectivity index (χ1) is 8.77. The summed E-state index contributed by atoms with van der Waals surface area (Å²) in [5.74, 6) is -0.112. The zero-order valence-corrected chi connectivity index (χ0v) is 12.1. The molecule has 1 aliphatic heterocycles. The van der Waals surface area contributed by atoms with Crippen LogP contribution in [0.2, 0.25) is 0 Å². The van der Waals surface area contributed by atoms with Gasteiger partial charge in [-0.15, -0.1) is 0 Å². The molecule has 1 fully saturated rings. The van der Waals surface area contributed by atoms with Crippen LogP contribution in [0.3, 0.4) is 0 Å². The molecular weight excluding hydrogens is 248 g/mol. The van der Waals surface area contributed by atoms with Crippen LogP contribution in [0.5, 0.6) is 0 Å². The summed E-state index contributed by atoms with van der Waals surface area (Å²) in [6.45, 7) is 8.27. The minimum Gasteiger partial charge on any atom is -0.465 e. The molecule has 0 saturated carbocycles. The Morgan fingerprint density at radius 2 is 2.00 bits per heavy atom. The number of nitrogens with zero attached hydrogens (tertiary/aromatic N) is 1. The standard InChI is InChI=1S/C13H24N2O4/c1-5-14-11(16)10-7-6-9(8-19-10)15(12(17)18)13(2,3)4/h9-10H,5-8H2,1-4H3,(H,14,16)(H,17,18)/t9-,10+/m1/s1. The number of carboxylic acid groups (broad SMARTS) is 1. The van der Waals surface area contributed by atoms with Gasteiger partial charge in [-0.05, 0) is 40.5 Å². The molecule has 6 heteroatoms. The van der Waals surface area contributed by atoms with Crippen LogP contribution in [-0.4, -0.2) is 52.8 Å². The molecule has 0 aromatic heterocycles. The summed E-state index contributed by atoms with van der Waals surface area (Å²) in [6, 6.07) is -0.192. The number of nitrogens with one attached hydrogen (secondary N) is 1. The van der Waals surface area contributed by atoms with E-state index in [0.717, 1.165) is 0 Å². The highest BCUT2D eigenvalue weighted by molar-refractivity contribution is 5.80. The predicted octanol–water partition coefficient (Wildman–Crippen LogP) is 1.45. The molecule has 0 spiro atoms. The van der Waals surface area contributed by atoms with Gasteiger partial charge in [-0.2, -0.15) is 0 Å². The highest BCUT2D eigenvalue weighted by atomic mass is 16.5. The SMILES string of the molecule is CCNC(=O)[C@@H]1CC[C@@H](N(C(=O)O)C(C)(C)C)CO1. The van der Waals surface area contributed by atoms with E-state index >= 15 is 0 Å². The Labute approximate surface area is 114 Å². The van der Waals surface area contributed by atoms with Crippen molar-refractivity contribution in [3.05, 3.63) is 0 Å². The lowest BCUT2D eigenvalue weighted by Crippen LogP contribution is -2.55. The van der Waals surface area contributed by atoms with Crippen LogP contribution >= 0.6 is 0 Å². The zero-order valence-electron chi connectivity index (χ0n) is 12.1. The maximum Gasteiger partial charge on any atom is 0.408 e. The van der Waals surface area contributed by atoms with Crippen LogP contribution < -0.4 is 5.32 Å². The van der Waals surface area contributed by atoms with E-state index < -0.39 is 17.7 Å². The molecule has 1 rings (SSSR count). The second-order valence-electron chi connectivity index (χ2n) is 5.77. The molecule has 2 N–H and O–H groups in total. The first kappa shape index (κ1) is 15.8. The normalized spacial score (nSPS) is 23.8. The number of rotatable bonds is 3. The molecule has 19 heavy (non-hydrogen) atoms. The van der Waals surface area contributed by atoms with Gasteiger partial charge >= 0.3 is 6.09 Å². The number of amides is 2. The van der Waals surface area contributed by atoms with E-state index in [1.165, 1.54) is 4.90 Å². The second kappa shape index (κ2) is 6.23. The summed E-state index contributed by atoms with van der Waals surface area (Å²) in [5.41, 5.74) is -0.474. The minimum atomic E-state index is -0.947. The molecule has 1 heterocycles. The average molecular weight is 272 g/mol. The van der Waals surface area contributed by atoms with Crippen LogP contribution in [-0.2, 0) is 9.53 Å². The molecule has 0 aromatic carbocycles. The summed E-state index contributed by atoms with van der Waals surface area (Å²) < 4.78 is 5.51. The molecule has 0 bridgehead atoms. The monoisotopic (exact) mass is 272 g/mol. The smallest absolute Gasteiger partial charge is 0.408 e. The maximum absolute atomic E-state index is 11.6. The number of hydrogen-bond acceptors (Lipinski definition) is 3. The van der Waals surface area contributed by atoms with Gasteiger partial charge in [0.2, 0.25) is 5.91 Å². The van der Waals surface area contributed by atoms with Crippen molar-refractivity contribution in [3.8, 4) is 0 Å². The number of carbonyl (C=O) groups is 2. The van der Waals surface area contributed by atoms with Gasteiger partial charge in [0.25, 0.3) is 0 Å². The third kappa shape index (κ3) is 4.09. The van der Waals surface area contributed by atoms with E-state index in [2.05, 4.69) is 5.32 Å². The highest BCUT2D eigenvalue weighted by Gasteiger charge is 2.37. The van der Waals surface area contributed by atoms with Crippen LogP contribution in [0.15, 0.2) is 0 Å². The van der Waals surface area contributed by atoms with Gasteiger partial charge in [-0.3, -0.25) is 9.69 Å². The van der Waals surface area contributed by atoms with Gasteiger partial charge < -0.3 is 15.2 Å². The van der Waals surface area contributed by atoms with Crippen molar-refractivity contribution in [3.63, 3.8) is 0 Å². The van der Waals surface area contributed by atoms with E-state index in [0.29, 0.717) is 19.4 Å². The Balaban J connectivity index is 2.61. The molecule has 6 nitrogen and oxygen atoms in total. The fraction of sp³-hybridized carbons (Fsp3) is 0.846. The quantitative estimate of drug-likeness (QED) is 0.815. The molecule has 0 unspecified atom stereocenters. The average Bonchev–Trinajstić information content (AvgIpc) is 2.27. The van der Waals surface area contributed by atoms with Crippen molar-refractivity contribution in [1.29, 1.82) is 0 Å². The maximum atomic E-state index is 11.6. The third-order valence-corrected chi connectivity index (χ3v) is 3.19. The van der Waals surface area contributed by atoms with Gasteiger partial charge in [-0.25, -0.2) is 4.79 Å². The highest BCUT2D eigenvalue weighted by Crippen LogP contribution is 2.25. The van der Waals surface area contributed by atoms with Crippen LogP contribution in [0.25, 0.3) is 0 Å². The fourth-order valence-electron chi connectivity index (χ4n) is 2.43. The van der Waals surface area contributed by atoms with Crippen molar-refractivity contribution in [2.75, 3.05) is 13.2 Å². The lowest BCUT2D eigenvalue weighted by Gasteiger charge is -2.42. The number of ether oxygens (including phenoxy) is 1.